The Bertz CT molecular complexity index is 1180. The average molecular weight is 413 g/mol. The van der Waals surface area contributed by atoms with E-state index in [0.717, 1.165) is 0 Å². The highest BCUT2D eigenvalue weighted by Gasteiger charge is 2.42. The smallest absolute Gasteiger partial charge is 0.266 e. The second kappa shape index (κ2) is 7.11. The summed E-state index contributed by atoms with van der Waals surface area (Å²) in [5, 5.41) is 3.72. The number of hydrogen-bond acceptors (Lipinski definition) is 8. The number of thioether (sulfide) groups is 1. The summed E-state index contributed by atoms with van der Waals surface area (Å²) in [6, 6.07) is 3.33. The van der Waals surface area contributed by atoms with Crippen molar-refractivity contribution in [1.29, 1.82) is 0 Å². The molecule has 0 aromatic carbocycles. The van der Waals surface area contributed by atoms with Gasteiger partial charge in [-0.1, -0.05) is 25.6 Å². The van der Waals surface area contributed by atoms with Gasteiger partial charge in [0.2, 0.25) is 5.95 Å². The number of aromatic amines is 1. The van der Waals surface area contributed by atoms with Crippen LogP contribution in [0.4, 0.5) is 15.9 Å². The largest absolute Gasteiger partial charge is 0.379 e. The van der Waals surface area contributed by atoms with Crippen molar-refractivity contribution >= 4 is 39.5 Å². The molecule has 0 spiro atoms. The van der Waals surface area contributed by atoms with Crippen LogP contribution >= 0.6 is 11.8 Å². The van der Waals surface area contributed by atoms with E-state index in [1.165, 1.54) is 24.2 Å². The van der Waals surface area contributed by atoms with Gasteiger partial charge in [0.25, 0.3) is 5.56 Å². The first-order chi connectivity index (χ1) is 13.8. The number of rotatable bonds is 3. The Labute approximate surface area is 170 Å². The number of aromatic nitrogens is 4. The van der Waals surface area contributed by atoms with Crippen molar-refractivity contribution in [2.45, 2.75) is 31.6 Å². The Hall–Kier alpha value is -3.01. The van der Waals surface area contributed by atoms with Crippen LogP contribution in [0.3, 0.4) is 0 Å². The van der Waals surface area contributed by atoms with Gasteiger partial charge in [-0.05, 0) is 25.0 Å². The van der Waals surface area contributed by atoms with E-state index >= 15 is 0 Å². The Morgan fingerprint density at radius 2 is 2.07 bits per heavy atom. The number of fused-ring (bicyclic) bond motifs is 1. The predicted molar refractivity (Wildman–Crippen MR) is 113 cm³/mol. The van der Waals surface area contributed by atoms with Gasteiger partial charge in [-0.2, -0.15) is 4.39 Å². The van der Waals surface area contributed by atoms with Crippen LogP contribution < -0.4 is 16.6 Å². The maximum atomic E-state index is 14.7. The Kier molecular flexibility index (Phi) is 4.73. The molecule has 0 bridgehead atoms. The molecule has 4 heterocycles. The number of H-pyrrole nitrogens is 1. The summed E-state index contributed by atoms with van der Waals surface area (Å²) < 4.78 is 14.7. The number of nitrogens with one attached hydrogen (secondary N) is 2. The molecule has 29 heavy (non-hydrogen) atoms. The summed E-state index contributed by atoms with van der Waals surface area (Å²) in [5.41, 5.74) is 6.76. The van der Waals surface area contributed by atoms with Crippen LogP contribution in [-0.2, 0) is 5.54 Å². The van der Waals surface area contributed by atoms with Crippen molar-refractivity contribution in [2.75, 3.05) is 5.32 Å². The molecule has 0 aliphatic carbocycles. The van der Waals surface area contributed by atoms with E-state index in [1.54, 1.807) is 18.3 Å². The number of hydrogen-bond donors (Lipinski definition) is 3. The molecule has 3 aromatic rings. The fourth-order valence-corrected chi connectivity index (χ4v) is 4.58. The first kappa shape index (κ1) is 19.3. The molecular weight excluding hydrogens is 393 g/mol. The molecule has 150 valence electrons. The molecule has 0 unspecified atom stereocenters. The van der Waals surface area contributed by atoms with Gasteiger partial charge in [0.1, 0.15) is 5.52 Å². The summed E-state index contributed by atoms with van der Waals surface area (Å²) >= 11 is 1.48. The van der Waals surface area contributed by atoms with Crippen molar-refractivity contribution in [3.8, 4) is 0 Å². The van der Waals surface area contributed by atoms with Gasteiger partial charge in [0.15, 0.2) is 11.0 Å². The van der Waals surface area contributed by atoms with E-state index in [4.69, 9.17) is 5.73 Å². The maximum absolute atomic E-state index is 14.7. The van der Waals surface area contributed by atoms with Gasteiger partial charge >= 0.3 is 0 Å². The molecule has 0 saturated heterocycles. The van der Waals surface area contributed by atoms with Crippen LogP contribution in [0.15, 0.2) is 40.5 Å². The number of amidine groups is 1. The van der Waals surface area contributed by atoms with Crippen molar-refractivity contribution in [2.24, 2.45) is 16.6 Å². The molecule has 1 aliphatic heterocycles. The van der Waals surface area contributed by atoms with E-state index in [0.29, 0.717) is 33.3 Å². The van der Waals surface area contributed by atoms with E-state index in [-0.39, 0.29) is 16.7 Å². The van der Waals surface area contributed by atoms with E-state index < -0.39 is 11.5 Å². The summed E-state index contributed by atoms with van der Waals surface area (Å²) in [7, 11) is 0. The number of aliphatic imine (C=N–C) groups is 1. The summed E-state index contributed by atoms with van der Waals surface area (Å²) in [4.78, 5) is 31.1. The lowest BCUT2D eigenvalue weighted by atomic mass is 9.79. The lowest BCUT2D eigenvalue weighted by Gasteiger charge is -2.39. The zero-order valence-electron chi connectivity index (χ0n) is 16.1. The van der Waals surface area contributed by atoms with Crippen LogP contribution in [0.25, 0.3) is 11.0 Å². The SMILES string of the molecule is C[C@@H]1SC(N)=N[C@](C)(c2cc(Nc3nccc4[nH]c(=O)cnc34)cnc2F)[C@@H]1C. The van der Waals surface area contributed by atoms with Crippen molar-refractivity contribution in [1.82, 2.24) is 19.9 Å². The zero-order chi connectivity index (χ0) is 20.8. The first-order valence-corrected chi connectivity index (χ1v) is 9.95. The van der Waals surface area contributed by atoms with Crippen LogP contribution in [-0.4, -0.2) is 30.4 Å². The highest BCUT2D eigenvalue weighted by atomic mass is 32.2. The minimum atomic E-state index is -0.848. The Balaban J connectivity index is 1.77. The molecule has 3 aromatic heterocycles. The van der Waals surface area contributed by atoms with Gasteiger partial charge in [-0.15, -0.1) is 0 Å². The molecule has 0 amide bonds. The molecular formula is C19H20FN7OS. The minimum Gasteiger partial charge on any atom is -0.379 e. The van der Waals surface area contributed by atoms with Gasteiger partial charge in [0, 0.05) is 17.0 Å². The minimum absolute atomic E-state index is 0.0359. The van der Waals surface area contributed by atoms with Crippen molar-refractivity contribution in [3.63, 3.8) is 0 Å². The van der Waals surface area contributed by atoms with Crippen molar-refractivity contribution in [3.05, 3.63) is 52.6 Å². The molecule has 0 saturated carbocycles. The summed E-state index contributed by atoms with van der Waals surface area (Å²) in [6.07, 6.45) is 4.12. The van der Waals surface area contributed by atoms with Crippen LogP contribution in [0, 0.1) is 11.9 Å². The van der Waals surface area contributed by atoms with Crippen LogP contribution in [0.1, 0.15) is 26.3 Å². The van der Waals surface area contributed by atoms with Crippen molar-refractivity contribution < 1.29 is 4.39 Å². The number of anilines is 2. The van der Waals surface area contributed by atoms with Gasteiger partial charge in [-0.3, -0.25) is 9.79 Å². The Morgan fingerprint density at radius 1 is 1.28 bits per heavy atom. The molecule has 3 atom stereocenters. The third-order valence-corrected chi connectivity index (χ3v) is 6.49. The van der Waals surface area contributed by atoms with Gasteiger partial charge in [-0.25, -0.2) is 15.0 Å². The topological polar surface area (TPSA) is 122 Å². The second-order valence-corrected chi connectivity index (χ2v) is 8.60. The third-order valence-electron chi connectivity index (χ3n) is 5.38. The normalized spacial score (nSPS) is 24.3. The molecule has 1 aliphatic rings. The zero-order valence-corrected chi connectivity index (χ0v) is 16.9. The monoisotopic (exact) mass is 413 g/mol. The predicted octanol–water partition coefficient (Wildman–Crippen LogP) is 2.90. The lowest BCUT2D eigenvalue weighted by Crippen LogP contribution is -2.41. The third kappa shape index (κ3) is 3.44. The van der Waals surface area contributed by atoms with Crippen LogP contribution in [0.5, 0.6) is 0 Å². The van der Waals surface area contributed by atoms with Gasteiger partial charge in [0.05, 0.1) is 29.1 Å². The second-order valence-electron chi connectivity index (χ2n) is 7.20. The highest BCUT2D eigenvalue weighted by molar-refractivity contribution is 8.14. The number of nitrogens with two attached hydrogens (primary N) is 1. The molecule has 4 rings (SSSR count). The molecule has 10 heteroatoms. The lowest BCUT2D eigenvalue weighted by molar-refractivity contribution is 0.309. The number of pyridine rings is 2. The number of halogens is 1. The first-order valence-electron chi connectivity index (χ1n) is 9.07. The van der Waals surface area contributed by atoms with E-state index in [1.807, 2.05) is 13.8 Å². The quantitative estimate of drug-likeness (QED) is 0.564. The van der Waals surface area contributed by atoms with Gasteiger partial charge < -0.3 is 16.0 Å². The molecule has 4 N–H and O–H groups in total. The summed E-state index contributed by atoms with van der Waals surface area (Å²) in [5.74, 6) is -0.130. The van der Waals surface area contributed by atoms with E-state index in [9.17, 15) is 9.18 Å². The summed E-state index contributed by atoms with van der Waals surface area (Å²) in [6.45, 7) is 5.95. The molecule has 0 radical (unpaired) electrons. The highest BCUT2D eigenvalue weighted by Crippen LogP contribution is 2.44. The molecule has 8 nitrogen and oxygen atoms in total. The standard InChI is InChI=1S/C19H20FN7OS/c1-9-10(2)29-18(21)27-19(9,3)12-6-11(7-24-16(12)20)25-17-15-13(4-5-22-17)26-14(28)8-23-15/h4-10H,1-3H3,(H2,21,27)(H,22,25)(H,26,28)/t9-,10+,19+/m1/s1. The van der Waals surface area contributed by atoms with Crippen LogP contribution in [0.2, 0.25) is 0 Å². The fraction of sp³-hybridized carbons (Fsp3) is 0.316. The Morgan fingerprint density at radius 3 is 2.86 bits per heavy atom. The van der Waals surface area contributed by atoms with E-state index in [2.05, 4.69) is 37.2 Å². The number of nitrogens with zero attached hydrogens (tertiary/aromatic N) is 4. The fourth-order valence-electron chi connectivity index (χ4n) is 3.49. The average Bonchev–Trinajstić information content (AvgIpc) is 2.67. The molecule has 0 fully saturated rings. The maximum Gasteiger partial charge on any atom is 0.266 e.